The number of halogens is 2. The molecule has 2 atom stereocenters. The first-order valence-electron chi connectivity index (χ1n) is 17.6. The van der Waals surface area contributed by atoms with Gasteiger partial charge in [-0.1, -0.05) is 0 Å². The molecule has 0 heterocycles. The second kappa shape index (κ2) is 13.5. The van der Waals surface area contributed by atoms with Gasteiger partial charge in [0.1, 0.15) is 0 Å². The summed E-state index contributed by atoms with van der Waals surface area (Å²) in [7, 11) is 17.4. The molecule has 2 aliphatic rings. The molecule has 6 rings (SSSR count). The number of aryl methyl sites for hydroxylation is 2. The Morgan fingerprint density at radius 1 is 0.565 bits per heavy atom. The number of benzene rings is 4. The van der Waals surface area contributed by atoms with E-state index in [2.05, 4.69) is 138 Å². The number of hydrogen-bond acceptors (Lipinski definition) is 0. The molecule has 4 aromatic carbocycles. The molecule has 2 unspecified atom stereocenters. The summed E-state index contributed by atoms with van der Waals surface area (Å²) in [5.41, 5.74) is 16.3. The van der Waals surface area contributed by atoms with Gasteiger partial charge in [-0.25, -0.2) is 0 Å². The summed E-state index contributed by atoms with van der Waals surface area (Å²) in [6, 6.07) is 32.1. The van der Waals surface area contributed by atoms with Gasteiger partial charge in [-0.15, -0.1) is 0 Å². The Hall–Kier alpha value is -1.96. The molecule has 0 saturated carbocycles. The average Bonchev–Trinajstić information content (AvgIpc) is 3.64. The van der Waals surface area contributed by atoms with E-state index in [1.54, 1.807) is 0 Å². The molecule has 0 bridgehead atoms. The third kappa shape index (κ3) is 5.64. The van der Waals surface area contributed by atoms with Crippen LogP contribution in [0.4, 0.5) is 0 Å². The van der Waals surface area contributed by atoms with Crippen LogP contribution >= 0.6 is 17.0 Å². The summed E-state index contributed by atoms with van der Waals surface area (Å²) in [6.45, 7) is 14.0. The summed E-state index contributed by atoms with van der Waals surface area (Å²) < 4.78 is 0.259. The van der Waals surface area contributed by atoms with Crippen molar-refractivity contribution in [2.24, 2.45) is 0 Å². The summed E-state index contributed by atoms with van der Waals surface area (Å²) in [5.74, 6) is -1.61. The van der Waals surface area contributed by atoms with E-state index in [9.17, 15) is 0 Å². The van der Waals surface area contributed by atoms with Crippen molar-refractivity contribution in [3.8, 4) is 22.3 Å². The van der Waals surface area contributed by atoms with Gasteiger partial charge in [0, 0.05) is 0 Å². The first-order valence-corrected chi connectivity index (χ1v) is 33.9. The van der Waals surface area contributed by atoms with Crippen molar-refractivity contribution < 1.29 is 15.6 Å². The average molecular weight is 744 g/mol. The summed E-state index contributed by atoms with van der Waals surface area (Å²) >= 11 is -4.80. The topological polar surface area (TPSA) is 0 Å². The molecule has 4 heteroatoms. The molecule has 0 aliphatic heterocycles. The minimum absolute atomic E-state index is 0.130. The predicted octanol–water partition coefficient (Wildman–Crippen LogP) is 13.3. The standard InChI is InChI=1S/2C20H21.C2H7Si.2ClH.Zr/c2*1-3-6-16-13-18-7-5-8-19(20(18)14-16)17-11-9-15(4-2)10-12-17;1-3-2;;;/h2*5,7-14H,3-4,6H2,1-2H3;3H,1-2H3;2*1H;/q;;;;;+2/p-2. The van der Waals surface area contributed by atoms with Gasteiger partial charge in [0.25, 0.3) is 0 Å². The first-order chi connectivity index (χ1) is 22.2. The molecule has 239 valence electrons. The van der Waals surface area contributed by atoms with Crippen LogP contribution in [0.1, 0.15) is 94.0 Å². The van der Waals surface area contributed by atoms with Crippen LogP contribution in [-0.4, -0.2) is 5.92 Å². The number of rotatable bonds is 11. The molecule has 0 fully saturated rings. The van der Waals surface area contributed by atoms with Gasteiger partial charge in [-0.2, -0.15) is 0 Å². The van der Waals surface area contributed by atoms with Crippen LogP contribution in [0.2, 0.25) is 13.1 Å². The number of allylic oxidation sites excluding steroid dienone is 2. The minimum atomic E-state index is -4.80. The molecule has 4 aromatic rings. The summed E-state index contributed by atoms with van der Waals surface area (Å²) in [6.07, 6.45) is 11.4. The molecule has 0 radical (unpaired) electrons. The fraction of sp³-hybridized carbons (Fsp3) is 0.333. The fourth-order valence-electron chi connectivity index (χ4n) is 8.42. The van der Waals surface area contributed by atoms with Gasteiger partial charge in [-0.3, -0.25) is 0 Å². The molecule has 0 spiro atoms. The second-order valence-corrected chi connectivity index (χ2v) is 56.4. The Kier molecular flexibility index (Phi) is 9.96. The van der Waals surface area contributed by atoms with Crippen LogP contribution in [0.15, 0.2) is 96.1 Å². The second-order valence-electron chi connectivity index (χ2n) is 13.9. The van der Waals surface area contributed by atoms with Crippen molar-refractivity contribution in [3.05, 3.63) is 129 Å². The third-order valence-electron chi connectivity index (χ3n) is 10.9. The SMILES string of the molecule is CCCC1=Cc2c(-c3ccc(CC)cc3)cccc2[CH]1[Zr]([Cl])([Cl])([CH]1C(CCC)=Cc2c(-c3ccc(CC)cc3)cccc21)[SiH](C)C. The van der Waals surface area contributed by atoms with E-state index in [-0.39, 0.29) is 7.25 Å². The molecular formula is C42H49Cl2SiZr. The predicted molar refractivity (Wildman–Crippen MR) is 204 cm³/mol. The zero-order valence-electron chi connectivity index (χ0n) is 28.5. The normalized spacial score (nSPS) is 18.2. The van der Waals surface area contributed by atoms with Gasteiger partial charge in [0.05, 0.1) is 0 Å². The Balaban J connectivity index is 1.56. The zero-order valence-corrected chi connectivity index (χ0v) is 33.6. The Morgan fingerprint density at radius 2 is 0.957 bits per heavy atom. The quantitative estimate of drug-likeness (QED) is 0.134. The number of hydrogen-bond donors (Lipinski definition) is 0. The fourth-order valence-corrected chi connectivity index (χ4v) is 39.9. The molecular weight excluding hydrogens is 695 g/mol. The van der Waals surface area contributed by atoms with E-state index in [1.165, 1.54) is 66.8 Å². The Morgan fingerprint density at radius 3 is 1.28 bits per heavy atom. The molecule has 0 saturated heterocycles. The summed E-state index contributed by atoms with van der Waals surface area (Å²) in [4.78, 5) is 0. The van der Waals surface area contributed by atoms with Crippen LogP contribution in [0.5, 0.6) is 0 Å². The molecule has 0 aromatic heterocycles. The molecule has 2 aliphatic carbocycles. The Bertz CT molecular complexity index is 1670. The maximum atomic E-state index is 8.69. The molecule has 0 N–H and O–H groups in total. The first kappa shape index (κ1) is 33.9. The van der Waals surface area contributed by atoms with Crippen LogP contribution in [0.25, 0.3) is 34.4 Å². The van der Waals surface area contributed by atoms with E-state index in [1.807, 2.05) is 0 Å². The maximum absolute atomic E-state index is 8.69. The van der Waals surface area contributed by atoms with E-state index in [0.29, 0.717) is 0 Å². The third-order valence-corrected chi connectivity index (χ3v) is 62.8. The Labute approximate surface area is 286 Å². The van der Waals surface area contributed by atoms with Crippen LogP contribution in [0, 0.1) is 0 Å². The molecule has 0 amide bonds. The van der Waals surface area contributed by atoms with Gasteiger partial charge in [0.2, 0.25) is 0 Å². The van der Waals surface area contributed by atoms with Crippen molar-refractivity contribution in [2.75, 3.05) is 0 Å². The van der Waals surface area contributed by atoms with E-state index < -0.39 is 21.5 Å². The number of fused-ring (bicyclic) bond motifs is 2. The van der Waals surface area contributed by atoms with Crippen LogP contribution < -0.4 is 0 Å². The van der Waals surface area contributed by atoms with E-state index in [4.69, 9.17) is 17.0 Å². The van der Waals surface area contributed by atoms with Gasteiger partial charge >= 0.3 is 289 Å². The summed E-state index contributed by atoms with van der Waals surface area (Å²) in [5, 5.41) is 0. The van der Waals surface area contributed by atoms with Gasteiger partial charge in [0.15, 0.2) is 0 Å². The van der Waals surface area contributed by atoms with Crippen molar-refractivity contribution in [1.29, 1.82) is 0 Å². The zero-order chi connectivity index (χ0) is 32.7. The monoisotopic (exact) mass is 741 g/mol. The van der Waals surface area contributed by atoms with Gasteiger partial charge < -0.3 is 0 Å². The van der Waals surface area contributed by atoms with Crippen LogP contribution in [-0.2, 0) is 28.4 Å². The van der Waals surface area contributed by atoms with Crippen molar-refractivity contribution in [2.45, 2.75) is 86.6 Å². The van der Waals surface area contributed by atoms with E-state index in [0.717, 1.165) is 38.5 Å². The van der Waals surface area contributed by atoms with Gasteiger partial charge in [-0.05, 0) is 0 Å². The van der Waals surface area contributed by atoms with Crippen molar-refractivity contribution in [1.82, 2.24) is 0 Å². The van der Waals surface area contributed by atoms with E-state index >= 15 is 0 Å². The molecule has 0 nitrogen and oxygen atoms in total. The van der Waals surface area contributed by atoms with Crippen molar-refractivity contribution in [3.63, 3.8) is 0 Å². The van der Waals surface area contributed by atoms with Crippen LogP contribution in [0.3, 0.4) is 0 Å². The van der Waals surface area contributed by atoms with Crippen molar-refractivity contribution >= 4 is 35.1 Å². The molecule has 46 heavy (non-hydrogen) atoms.